The van der Waals surface area contributed by atoms with E-state index in [4.69, 9.17) is 14.8 Å². The predicted octanol–water partition coefficient (Wildman–Crippen LogP) is 5.56. The van der Waals surface area contributed by atoms with Crippen LogP contribution < -0.4 is 4.74 Å². The summed E-state index contributed by atoms with van der Waals surface area (Å²) >= 11 is 0. The maximum absolute atomic E-state index is 5.62. The molecule has 5 aromatic rings. The highest BCUT2D eigenvalue weighted by Gasteiger charge is 2.18. The highest BCUT2D eigenvalue weighted by atomic mass is 16.5. The second kappa shape index (κ2) is 6.50. The van der Waals surface area contributed by atoms with E-state index in [0.717, 1.165) is 44.5 Å². The first-order valence-corrected chi connectivity index (χ1v) is 9.23. The Morgan fingerprint density at radius 2 is 1.64 bits per heavy atom. The quantitative estimate of drug-likeness (QED) is 0.420. The molecular formula is C24H19N3O. The lowest BCUT2D eigenvalue weighted by molar-refractivity contribution is 0.412. The summed E-state index contributed by atoms with van der Waals surface area (Å²) in [5.74, 6) is 0.781. The van der Waals surface area contributed by atoms with Gasteiger partial charge in [0.2, 0.25) is 0 Å². The number of hydrogen-bond donors (Lipinski definition) is 0. The Kier molecular flexibility index (Phi) is 3.83. The van der Waals surface area contributed by atoms with Crippen molar-refractivity contribution in [2.75, 3.05) is 7.11 Å². The molecule has 0 atom stereocenters. The fraction of sp³-hybridized carbons (Fsp3) is 0.0833. The molecule has 0 N–H and O–H groups in total. The molecule has 0 bridgehead atoms. The minimum atomic E-state index is 0.781. The van der Waals surface area contributed by atoms with Gasteiger partial charge in [0, 0.05) is 22.5 Å². The number of hydrogen-bond acceptors (Lipinski definition) is 3. The van der Waals surface area contributed by atoms with Crippen molar-refractivity contribution < 1.29 is 4.74 Å². The number of benzene rings is 3. The van der Waals surface area contributed by atoms with Gasteiger partial charge in [-0.2, -0.15) is 5.10 Å². The second-order valence-electron chi connectivity index (χ2n) is 6.84. The van der Waals surface area contributed by atoms with Gasteiger partial charge in [0.15, 0.2) is 0 Å². The lowest BCUT2D eigenvalue weighted by atomic mass is 10.1. The number of aryl methyl sites for hydroxylation is 1. The molecule has 3 aromatic carbocycles. The first-order chi connectivity index (χ1) is 13.8. The van der Waals surface area contributed by atoms with Crippen LogP contribution in [0.1, 0.15) is 5.56 Å². The van der Waals surface area contributed by atoms with Gasteiger partial charge in [-0.25, -0.2) is 4.68 Å². The van der Waals surface area contributed by atoms with E-state index in [1.165, 1.54) is 5.56 Å². The summed E-state index contributed by atoms with van der Waals surface area (Å²) in [6.45, 7) is 2.08. The Morgan fingerprint density at radius 3 is 2.46 bits per heavy atom. The van der Waals surface area contributed by atoms with Gasteiger partial charge in [0.25, 0.3) is 0 Å². The third-order valence-electron chi connectivity index (χ3n) is 5.02. The van der Waals surface area contributed by atoms with Crippen LogP contribution in [-0.4, -0.2) is 21.9 Å². The monoisotopic (exact) mass is 365 g/mol. The van der Waals surface area contributed by atoms with Crippen LogP contribution in [0, 0.1) is 6.92 Å². The minimum Gasteiger partial charge on any atom is -0.494 e. The van der Waals surface area contributed by atoms with Crippen LogP contribution in [0.25, 0.3) is 38.8 Å². The molecule has 0 saturated heterocycles. The largest absolute Gasteiger partial charge is 0.494 e. The van der Waals surface area contributed by atoms with Crippen LogP contribution in [0.4, 0.5) is 0 Å². The van der Waals surface area contributed by atoms with Gasteiger partial charge < -0.3 is 4.74 Å². The van der Waals surface area contributed by atoms with Crippen molar-refractivity contribution in [3.63, 3.8) is 0 Å². The highest BCUT2D eigenvalue weighted by Crippen LogP contribution is 2.35. The molecule has 0 amide bonds. The molecule has 136 valence electrons. The number of aromatic nitrogens is 3. The molecule has 0 spiro atoms. The molecule has 0 aliphatic rings. The molecule has 2 aromatic heterocycles. The summed E-state index contributed by atoms with van der Waals surface area (Å²) < 4.78 is 7.60. The topological polar surface area (TPSA) is 39.9 Å². The van der Waals surface area contributed by atoms with Gasteiger partial charge in [-0.3, -0.25) is 4.98 Å². The number of pyridine rings is 1. The zero-order chi connectivity index (χ0) is 19.1. The van der Waals surface area contributed by atoms with E-state index >= 15 is 0 Å². The van der Waals surface area contributed by atoms with E-state index in [9.17, 15) is 0 Å². The van der Waals surface area contributed by atoms with Crippen molar-refractivity contribution >= 4 is 21.8 Å². The summed E-state index contributed by atoms with van der Waals surface area (Å²) in [7, 11) is 1.69. The fourth-order valence-corrected chi connectivity index (χ4v) is 3.68. The average Bonchev–Trinajstić information content (AvgIpc) is 3.14. The molecule has 0 aliphatic heterocycles. The number of para-hydroxylation sites is 2. The highest BCUT2D eigenvalue weighted by molar-refractivity contribution is 6.09. The van der Waals surface area contributed by atoms with E-state index in [1.807, 2.05) is 53.3 Å². The Morgan fingerprint density at radius 1 is 0.857 bits per heavy atom. The van der Waals surface area contributed by atoms with Gasteiger partial charge in [-0.15, -0.1) is 0 Å². The van der Waals surface area contributed by atoms with Crippen molar-refractivity contribution in [1.82, 2.24) is 14.8 Å². The minimum absolute atomic E-state index is 0.781. The summed E-state index contributed by atoms with van der Waals surface area (Å²) in [4.78, 5) is 4.72. The van der Waals surface area contributed by atoms with E-state index < -0.39 is 0 Å². The molecule has 0 unspecified atom stereocenters. The van der Waals surface area contributed by atoms with Gasteiger partial charge in [-0.05, 0) is 30.7 Å². The van der Waals surface area contributed by atoms with Crippen LogP contribution >= 0.6 is 0 Å². The van der Waals surface area contributed by atoms with Crippen molar-refractivity contribution in [1.29, 1.82) is 0 Å². The maximum atomic E-state index is 5.62. The zero-order valence-electron chi connectivity index (χ0n) is 15.8. The van der Waals surface area contributed by atoms with E-state index in [2.05, 4.69) is 37.3 Å². The SMILES string of the molecule is COc1ccccc1-n1nc(-c2ccccc2)c2cnc3cc(C)ccc3c21. The Balaban J connectivity index is 1.93. The number of methoxy groups -OCH3 is 1. The molecular weight excluding hydrogens is 346 g/mol. The lowest BCUT2D eigenvalue weighted by Gasteiger charge is -2.10. The van der Waals surface area contributed by atoms with Crippen LogP contribution in [0.15, 0.2) is 79.0 Å². The number of rotatable bonds is 3. The van der Waals surface area contributed by atoms with Crippen LogP contribution in [0.3, 0.4) is 0 Å². The Labute approximate surface area is 163 Å². The summed E-state index contributed by atoms with van der Waals surface area (Å²) in [6, 6.07) is 24.5. The summed E-state index contributed by atoms with van der Waals surface area (Å²) in [5, 5.41) is 7.10. The molecule has 28 heavy (non-hydrogen) atoms. The lowest BCUT2D eigenvalue weighted by Crippen LogP contribution is -2.00. The number of ether oxygens (including phenoxy) is 1. The van der Waals surface area contributed by atoms with Crippen LogP contribution in [-0.2, 0) is 0 Å². The van der Waals surface area contributed by atoms with E-state index in [1.54, 1.807) is 7.11 Å². The molecule has 5 rings (SSSR count). The summed E-state index contributed by atoms with van der Waals surface area (Å²) in [5.41, 5.74) is 6.07. The third-order valence-corrected chi connectivity index (χ3v) is 5.02. The van der Waals surface area contributed by atoms with Gasteiger partial charge in [-0.1, -0.05) is 54.6 Å². The molecule has 4 heteroatoms. The second-order valence-corrected chi connectivity index (χ2v) is 6.84. The van der Waals surface area contributed by atoms with Crippen LogP contribution in [0.2, 0.25) is 0 Å². The predicted molar refractivity (Wildman–Crippen MR) is 113 cm³/mol. The molecule has 4 nitrogen and oxygen atoms in total. The van der Waals surface area contributed by atoms with Crippen molar-refractivity contribution in [3.05, 3.63) is 84.6 Å². The smallest absolute Gasteiger partial charge is 0.144 e. The molecule has 0 aliphatic carbocycles. The van der Waals surface area contributed by atoms with Crippen molar-refractivity contribution in [3.8, 4) is 22.7 Å². The first-order valence-electron chi connectivity index (χ1n) is 9.23. The molecule has 2 heterocycles. The average molecular weight is 365 g/mol. The van der Waals surface area contributed by atoms with E-state index in [-0.39, 0.29) is 0 Å². The van der Waals surface area contributed by atoms with Gasteiger partial charge in [0.1, 0.15) is 17.1 Å². The Bertz CT molecular complexity index is 1310. The van der Waals surface area contributed by atoms with Crippen LogP contribution in [0.5, 0.6) is 5.75 Å². The van der Waals surface area contributed by atoms with Crippen molar-refractivity contribution in [2.24, 2.45) is 0 Å². The first kappa shape index (κ1) is 16.5. The standard InChI is InChI=1S/C24H19N3O/c1-16-12-13-18-20(14-16)25-15-19-23(17-8-4-3-5-9-17)26-27(24(18)19)21-10-6-7-11-22(21)28-2/h3-15H,1-2H3. The zero-order valence-corrected chi connectivity index (χ0v) is 15.8. The van der Waals surface area contributed by atoms with Gasteiger partial charge >= 0.3 is 0 Å². The van der Waals surface area contributed by atoms with E-state index in [0.29, 0.717) is 0 Å². The third kappa shape index (κ3) is 2.54. The molecule has 0 saturated carbocycles. The maximum Gasteiger partial charge on any atom is 0.144 e. The van der Waals surface area contributed by atoms with Gasteiger partial charge in [0.05, 0.1) is 18.1 Å². The summed E-state index contributed by atoms with van der Waals surface area (Å²) in [6.07, 6.45) is 1.93. The number of nitrogens with zero attached hydrogens (tertiary/aromatic N) is 3. The fourth-order valence-electron chi connectivity index (χ4n) is 3.68. The molecule has 0 radical (unpaired) electrons. The molecule has 0 fully saturated rings. The Hall–Kier alpha value is -3.66. The normalized spacial score (nSPS) is 11.2. The van der Waals surface area contributed by atoms with Crippen molar-refractivity contribution in [2.45, 2.75) is 6.92 Å². The number of fused-ring (bicyclic) bond motifs is 3.